The molecular weight excluding hydrogens is 214 g/mol. The fraction of sp³-hybridized carbons (Fsp3) is 0.500. The summed E-state index contributed by atoms with van der Waals surface area (Å²) in [5.74, 6) is 1.93. The third-order valence-corrected chi connectivity index (χ3v) is 2.97. The van der Waals surface area contributed by atoms with Crippen molar-refractivity contribution in [2.45, 2.75) is 26.9 Å². The molecule has 2 aromatic rings. The maximum absolute atomic E-state index is 4.18. The summed E-state index contributed by atoms with van der Waals surface area (Å²) in [5.41, 5.74) is 1.27. The first-order chi connectivity index (χ1) is 8.22. The largest absolute Gasteiger partial charge is 0.343 e. The van der Waals surface area contributed by atoms with Gasteiger partial charge in [0, 0.05) is 25.5 Å². The minimum Gasteiger partial charge on any atom is -0.343 e. The van der Waals surface area contributed by atoms with E-state index in [2.05, 4.69) is 45.3 Å². The lowest BCUT2D eigenvalue weighted by Crippen LogP contribution is -2.16. The van der Waals surface area contributed by atoms with Gasteiger partial charge in [-0.2, -0.15) is 0 Å². The fourth-order valence-electron chi connectivity index (χ4n) is 1.76. The van der Waals surface area contributed by atoms with Crippen molar-refractivity contribution in [1.82, 2.24) is 24.6 Å². The van der Waals surface area contributed by atoms with Crippen LogP contribution in [-0.2, 0) is 20.1 Å². The summed E-state index contributed by atoms with van der Waals surface area (Å²) in [6.45, 7) is 6.71. The molecule has 17 heavy (non-hydrogen) atoms. The molecule has 5 nitrogen and oxygen atoms in total. The quantitative estimate of drug-likeness (QED) is 0.840. The van der Waals surface area contributed by atoms with E-state index in [9.17, 15) is 0 Å². The van der Waals surface area contributed by atoms with E-state index >= 15 is 0 Å². The zero-order chi connectivity index (χ0) is 12.3. The van der Waals surface area contributed by atoms with Crippen molar-refractivity contribution < 1.29 is 0 Å². The van der Waals surface area contributed by atoms with Gasteiger partial charge in [0.15, 0.2) is 5.82 Å². The van der Waals surface area contributed by atoms with E-state index in [0.717, 1.165) is 31.3 Å². The Hall–Kier alpha value is -1.62. The second kappa shape index (κ2) is 5.14. The normalized spacial score (nSPS) is 11.0. The average Bonchev–Trinajstić information content (AvgIpc) is 2.89. The monoisotopic (exact) mass is 233 g/mol. The molecule has 0 spiro atoms. The first-order valence-electron chi connectivity index (χ1n) is 5.92. The molecule has 0 bridgehead atoms. The lowest BCUT2D eigenvalue weighted by molar-refractivity contribution is 0.628. The highest BCUT2D eigenvalue weighted by Crippen LogP contribution is 2.06. The Labute approximate surface area is 101 Å². The predicted molar refractivity (Wildman–Crippen MR) is 66.7 cm³/mol. The molecule has 0 unspecified atom stereocenters. The van der Waals surface area contributed by atoms with Crippen LogP contribution in [0.5, 0.6) is 0 Å². The van der Waals surface area contributed by atoms with Gasteiger partial charge in [0.1, 0.15) is 5.82 Å². The van der Waals surface area contributed by atoms with Gasteiger partial charge in [-0.15, -0.1) is 10.2 Å². The van der Waals surface area contributed by atoms with Crippen molar-refractivity contribution in [3.05, 3.63) is 35.7 Å². The molecule has 0 amide bonds. The molecule has 0 aliphatic heterocycles. The molecule has 0 atom stereocenters. The second-order valence-electron chi connectivity index (χ2n) is 4.13. The molecule has 0 aliphatic carbocycles. The van der Waals surface area contributed by atoms with Crippen LogP contribution in [0.15, 0.2) is 18.3 Å². The molecule has 0 saturated carbocycles. The third-order valence-electron chi connectivity index (χ3n) is 2.97. The highest BCUT2D eigenvalue weighted by atomic mass is 15.3. The maximum atomic E-state index is 4.18. The zero-order valence-electron chi connectivity index (χ0n) is 10.6. The molecule has 1 N–H and O–H groups in total. The fourth-order valence-corrected chi connectivity index (χ4v) is 1.76. The van der Waals surface area contributed by atoms with Crippen LogP contribution in [0.1, 0.15) is 24.3 Å². The predicted octanol–water partition coefficient (Wildman–Crippen LogP) is 1.08. The Balaban J connectivity index is 2.13. The molecule has 0 saturated heterocycles. The first-order valence-corrected chi connectivity index (χ1v) is 5.92. The lowest BCUT2D eigenvalue weighted by atomic mass is 10.4. The molecule has 5 heteroatoms. The van der Waals surface area contributed by atoms with Crippen LogP contribution >= 0.6 is 0 Å². The van der Waals surface area contributed by atoms with E-state index in [1.165, 1.54) is 5.69 Å². The van der Waals surface area contributed by atoms with Crippen LogP contribution in [0.25, 0.3) is 0 Å². The molecule has 92 valence electrons. The zero-order valence-corrected chi connectivity index (χ0v) is 10.6. The number of hydrogen-bond donors (Lipinski definition) is 1. The molecule has 2 heterocycles. The Kier molecular flexibility index (Phi) is 3.58. The summed E-state index contributed by atoms with van der Waals surface area (Å²) < 4.78 is 4.23. The number of aromatic nitrogens is 4. The highest BCUT2D eigenvalue weighted by Gasteiger charge is 2.07. The number of aryl methyl sites for hydroxylation is 1. The van der Waals surface area contributed by atoms with Crippen LogP contribution in [0.4, 0.5) is 0 Å². The minimum absolute atomic E-state index is 0.769. The van der Waals surface area contributed by atoms with Crippen LogP contribution in [-0.4, -0.2) is 25.9 Å². The van der Waals surface area contributed by atoms with Gasteiger partial charge < -0.3 is 14.5 Å². The van der Waals surface area contributed by atoms with Crippen molar-refractivity contribution in [1.29, 1.82) is 0 Å². The summed E-state index contributed by atoms with van der Waals surface area (Å²) in [6, 6.07) is 4.20. The van der Waals surface area contributed by atoms with Crippen molar-refractivity contribution in [3.8, 4) is 0 Å². The standard InChI is InChI=1S/C12H19N5/c1-4-13-8-11-6-5-7-17(11)9-12-15-14-10(2)16(12)3/h5-7,13H,4,8-9H2,1-3H3. The van der Waals surface area contributed by atoms with Gasteiger partial charge in [-0.05, 0) is 25.6 Å². The molecule has 0 aliphatic rings. The van der Waals surface area contributed by atoms with Gasteiger partial charge in [0.2, 0.25) is 0 Å². The number of nitrogens with zero attached hydrogens (tertiary/aromatic N) is 4. The van der Waals surface area contributed by atoms with Crippen LogP contribution in [0, 0.1) is 6.92 Å². The van der Waals surface area contributed by atoms with Crippen LogP contribution in [0.2, 0.25) is 0 Å². The minimum atomic E-state index is 0.769. The Morgan fingerprint density at radius 1 is 1.35 bits per heavy atom. The summed E-state index contributed by atoms with van der Waals surface area (Å²) in [4.78, 5) is 0. The Bertz CT molecular complexity index is 483. The van der Waals surface area contributed by atoms with E-state index in [1.54, 1.807) is 0 Å². The Morgan fingerprint density at radius 2 is 2.18 bits per heavy atom. The Morgan fingerprint density at radius 3 is 2.82 bits per heavy atom. The lowest BCUT2D eigenvalue weighted by Gasteiger charge is -2.09. The van der Waals surface area contributed by atoms with Crippen LogP contribution in [0.3, 0.4) is 0 Å². The second-order valence-corrected chi connectivity index (χ2v) is 4.13. The summed E-state index contributed by atoms with van der Waals surface area (Å²) in [7, 11) is 2.00. The molecule has 2 rings (SSSR count). The molecule has 0 aromatic carbocycles. The van der Waals surface area contributed by atoms with E-state index in [1.807, 2.05) is 18.5 Å². The van der Waals surface area contributed by atoms with Gasteiger partial charge in [-0.1, -0.05) is 6.92 Å². The molecule has 0 fully saturated rings. The summed E-state index contributed by atoms with van der Waals surface area (Å²) in [6.07, 6.45) is 2.08. The maximum Gasteiger partial charge on any atom is 0.152 e. The van der Waals surface area contributed by atoms with Gasteiger partial charge in [-0.25, -0.2) is 0 Å². The molecule has 0 radical (unpaired) electrons. The number of rotatable bonds is 5. The highest BCUT2D eigenvalue weighted by molar-refractivity contribution is 5.09. The van der Waals surface area contributed by atoms with E-state index < -0.39 is 0 Å². The van der Waals surface area contributed by atoms with Gasteiger partial charge in [-0.3, -0.25) is 0 Å². The van der Waals surface area contributed by atoms with E-state index in [-0.39, 0.29) is 0 Å². The molecular formula is C12H19N5. The summed E-state index contributed by atoms with van der Waals surface area (Å²) in [5, 5.41) is 11.6. The SMILES string of the molecule is CCNCc1cccn1Cc1nnc(C)n1C. The summed E-state index contributed by atoms with van der Waals surface area (Å²) >= 11 is 0. The third kappa shape index (κ3) is 2.55. The van der Waals surface area contributed by atoms with Crippen molar-refractivity contribution in [2.75, 3.05) is 6.54 Å². The smallest absolute Gasteiger partial charge is 0.152 e. The van der Waals surface area contributed by atoms with Crippen LogP contribution < -0.4 is 5.32 Å². The topological polar surface area (TPSA) is 47.7 Å². The van der Waals surface area contributed by atoms with E-state index in [0.29, 0.717) is 0 Å². The number of nitrogens with one attached hydrogen (secondary N) is 1. The number of hydrogen-bond acceptors (Lipinski definition) is 3. The van der Waals surface area contributed by atoms with Gasteiger partial charge >= 0.3 is 0 Å². The van der Waals surface area contributed by atoms with Crippen molar-refractivity contribution in [3.63, 3.8) is 0 Å². The van der Waals surface area contributed by atoms with Crippen molar-refractivity contribution in [2.24, 2.45) is 7.05 Å². The average molecular weight is 233 g/mol. The van der Waals surface area contributed by atoms with Gasteiger partial charge in [0.05, 0.1) is 6.54 Å². The first kappa shape index (κ1) is 11.9. The van der Waals surface area contributed by atoms with E-state index in [4.69, 9.17) is 0 Å². The van der Waals surface area contributed by atoms with Gasteiger partial charge in [0.25, 0.3) is 0 Å². The molecule has 2 aromatic heterocycles. The van der Waals surface area contributed by atoms with Crippen molar-refractivity contribution >= 4 is 0 Å².